The second-order valence-corrected chi connectivity index (χ2v) is 3.74. The second kappa shape index (κ2) is 4.52. The zero-order valence-corrected chi connectivity index (χ0v) is 8.99. The lowest BCUT2D eigenvalue weighted by Gasteiger charge is -2.12. The molecule has 80 valence electrons. The number of aromatic nitrogens is 3. The number of hydrogen-bond donors (Lipinski definition) is 2. The first kappa shape index (κ1) is 11.1. The third-order valence-corrected chi connectivity index (χ3v) is 1.90. The Kier molecular flexibility index (Phi) is 3.60. The third-order valence-electron chi connectivity index (χ3n) is 1.90. The minimum atomic E-state index is -0.906. The van der Waals surface area contributed by atoms with Crippen molar-refractivity contribution >= 4 is 0 Å². The molecule has 0 spiro atoms. The Hall–Kier alpha value is -0.940. The Morgan fingerprint density at radius 3 is 2.79 bits per heavy atom. The van der Waals surface area contributed by atoms with Crippen molar-refractivity contribution in [3.8, 4) is 0 Å². The van der Waals surface area contributed by atoms with Crippen LogP contribution in [-0.2, 0) is 12.1 Å². The van der Waals surface area contributed by atoms with E-state index in [0.29, 0.717) is 5.69 Å². The molecule has 1 heterocycles. The number of rotatable bonds is 5. The average Bonchev–Trinajstić information content (AvgIpc) is 2.52. The molecule has 0 radical (unpaired) electrons. The van der Waals surface area contributed by atoms with E-state index in [1.54, 1.807) is 24.8 Å². The zero-order chi connectivity index (χ0) is 10.6. The van der Waals surface area contributed by atoms with Gasteiger partial charge in [-0.05, 0) is 20.4 Å². The van der Waals surface area contributed by atoms with Crippen LogP contribution in [0.25, 0.3) is 0 Å². The van der Waals surface area contributed by atoms with Crippen LogP contribution in [0.15, 0.2) is 6.20 Å². The summed E-state index contributed by atoms with van der Waals surface area (Å²) in [6.07, 6.45) is 1.60. The van der Waals surface area contributed by atoms with E-state index in [0.717, 1.165) is 19.6 Å². The van der Waals surface area contributed by atoms with Gasteiger partial charge in [0.1, 0.15) is 11.3 Å². The molecule has 0 aliphatic heterocycles. The maximum Gasteiger partial charge on any atom is 0.114 e. The summed E-state index contributed by atoms with van der Waals surface area (Å²) in [6, 6.07) is 0. The molecule has 5 heteroatoms. The molecule has 0 saturated heterocycles. The van der Waals surface area contributed by atoms with E-state index in [1.807, 2.05) is 0 Å². The number of likely N-dealkylation sites (N-methyl/N-ethyl adjacent to an activating group) is 1. The van der Waals surface area contributed by atoms with Crippen LogP contribution >= 0.6 is 0 Å². The van der Waals surface area contributed by atoms with Gasteiger partial charge in [0, 0.05) is 6.54 Å². The summed E-state index contributed by atoms with van der Waals surface area (Å²) in [6.45, 7) is 7.97. The highest BCUT2D eigenvalue weighted by molar-refractivity contribution is 5.01. The van der Waals surface area contributed by atoms with Gasteiger partial charge in [-0.3, -0.25) is 0 Å². The van der Waals surface area contributed by atoms with Gasteiger partial charge in [-0.15, -0.1) is 0 Å². The number of aliphatic hydroxyl groups is 1. The van der Waals surface area contributed by atoms with Gasteiger partial charge in [-0.25, -0.2) is 0 Å². The van der Waals surface area contributed by atoms with Gasteiger partial charge < -0.3 is 10.4 Å². The summed E-state index contributed by atoms with van der Waals surface area (Å²) in [5, 5.41) is 21.1. The molecule has 0 bridgehead atoms. The van der Waals surface area contributed by atoms with E-state index in [-0.39, 0.29) is 0 Å². The molecule has 14 heavy (non-hydrogen) atoms. The van der Waals surface area contributed by atoms with Crippen molar-refractivity contribution in [2.75, 3.05) is 13.1 Å². The van der Waals surface area contributed by atoms with Gasteiger partial charge >= 0.3 is 0 Å². The van der Waals surface area contributed by atoms with Crippen LogP contribution in [-0.4, -0.2) is 33.2 Å². The minimum absolute atomic E-state index is 0.606. The van der Waals surface area contributed by atoms with E-state index < -0.39 is 5.60 Å². The van der Waals surface area contributed by atoms with Gasteiger partial charge in [0.15, 0.2) is 0 Å². The number of nitrogens with one attached hydrogen (secondary N) is 1. The van der Waals surface area contributed by atoms with E-state index in [9.17, 15) is 5.11 Å². The third kappa shape index (κ3) is 3.08. The van der Waals surface area contributed by atoms with E-state index in [4.69, 9.17) is 0 Å². The Morgan fingerprint density at radius 1 is 1.57 bits per heavy atom. The predicted octanol–water partition coefficient (Wildman–Crippen LogP) is 0.115. The van der Waals surface area contributed by atoms with E-state index in [2.05, 4.69) is 22.4 Å². The molecule has 5 nitrogen and oxygen atoms in total. The molecule has 0 aliphatic rings. The standard InChI is InChI=1S/C9H18N4O/c1-4-10-5-6-13-11-7-8(12-13)9(2,3)14/h7,10,14H,4-6H2,1-3H3. The highest BCUT2D eigenvalue weighted by Crippen LogP contribution is 2.14. The summed E-state index contributed by atoms with van der Waals surface area (Å²) in [5.74, 6) is 0. The molecule has 0 fully saturated rings. The maximum absolute atomic E-state index is 9.64. The highest BCUT2D eigenvalue weighted by atomic mass is 16.3. The van der Waals surface area contributed by atoms with Crippen molar-refractivity contribution < 1.29 is 5.11 Å². The minimum Gasteiger partial charge on any atom is -0.384 e. The first-order valence-corrected chi connectivity index (χ1v) is 4.87. The quantitative estimate of drug-likeness (QED) is 0.659. The molecular formula is C9H18N4O. The van der Waals surface area contributed by atoms with E-state index in [1.165, 1.54) is 0 Å². The fourth-order valence-corrected chi connectivity index (χ4v) is 1.04. The van der Waals surface area contributed by atoms with Crippen LogP contribution in [0.2, 0.25) is 0 Å². The molecule has 1 aromatic rings. The van der Waals surface area contributed by atoms with E-state index >= 15 is 0 Å². The molecule has 0 unspecified atom stereocenters. The van der Waals surface area contributed by atoms with Gasteiger partial charge in [-0.1, -0.05) is 6.92 Å². The second-order valence-electron chi connectivity index (χ2n) is 3.74. The summed E-state index contributed by atoms with van der Waals surface area (Å²) in [5.41, 5.74) is -0.301. The van der Waals surface area contributed by atoms with Crippen molar-refractivity contribution in [3.05, 3.63) is 11.9 Å². The number of nitrogens with zero attached hydrogens (tertiary/aromatic N) is 3. The molecule has 0 amide bonds. The van der Waals surface area contributed by atoms with Gasteiger partial charge in [0.2, 0.25) is 0 Å². The van der Waals surface area contributed by atoms with Crippen LogP contribution in [0, 0.1) is 0 Å². The molecule has 1 rings (SSSR count). The van der Waals surface area contributed by atoms with Gasteiger partial charge in [-0.2, -0.15) is 15.0 Å². The fraction of sp³-hybridized carbons (Fsp3) is 0.778. The van der Waals surface area contributed by atoms with Crippen molar-refractivity contribution in [3.63, 3.8) is 0 Å². The Labute approximate surface area is 84.1 Å². The molecular weight excluding hydrogens is 180 g/mol. The highest BCUT2D eigenvalue weighted by Gasteiger charge is 2.19. The molecule has 0 saturated carbocycles. The summed E-state index contributed by atoms with van der Waals surface area (Å²) >= 11 is 0. The number of hydrogen-bond acceptors (Lipinski definition) is 4. The summed E-state index contributed by atoms with van der Waals surface area (Å²) in [7, 11) is 0. The topological polar surface area (TPSA) is 63.0 Å². The van der Waals surface area contributed by atoms with Gasteiger partial charge in [0.05, 0.1) is 12.7 Å². The molecule has 1 aromatic heterocycles. The average molecular weight is 198 g/mol. The van der Waals surface area contributed by atoms with Crippen LogP contribution in [0.3, 0.4) is 0 Å². The maximum atomic E-state index is 9.64. The molecule has 0 aromatic carbocycles. The van der Waals surface area contributed by atoms with Crippen molar-refractivity contribution in [2.45, 2.75) is 32.9 Å². The zero-order valence-electron chi connectivity index (χ0n) is 8.99. The van der Waals surface area contributed by atoms with Crippen molar-refractivity contribution in [1.29, 1.82) is 0 Å². The smallest absolute Gasteiger partial charge is 0.114 e. The lowest BCUT2D eigenvalue weighted by molar-refractivity contribution is 0.0730. The first-order valence-electron chi connectivity index (χ1n) is 4.87. The fourth-order valence-electron chi connectivity index (χ4n) is 1.04. The van der Waals surface area contributed by atoms with Gasteiger partial charge in [0.25, 0.3) is 0 Å². The Bertz CT molecular complexity index is 277. The van der Waals surface area contributed by atoms with Crippen LogP contribution in [0.4, 0.5) is 0 Å². The molecule has 0 aliphatic carbocycles. The molecule has 2 N–H and O–H groups in total. The lowest BCUT2D eigenvalue weighted by Crippen LogP contribution is -2.21. The normalized spacial score (nSPS) is 12.0. The lowest BCUT2D eigenvalue weighted by atomic mass is 10.1. The summed E-state index contributed by atoms with van der Waals surface area (Å²) in [4.78, 5) is 1.59. The monoisotopic (exact) mass is 198 g/mol. The van der Waals surface area contributed by atoms with Crippen LogP contribution in [0.5, 0.6) is 0 Å². The Balaban J connectivity index is 2.51. The van der Waals surface area contributed by atoms with Crippen molar-refractivity contribution in [1.82, 2.24) is 20.3 Å². The SMILES string of the molecule is CCNCCn1ncc(C(C)(C)O)n1. The first-order chi connectivity index (χ1) is 6.54. The molecule has 0 atom stereocenters. The van der Waals surface area contributed by atoms with Crippen LogP contribution < -0.4 is 5.32 Å². The Morgan fingerprint density at radius 2 is 2.29 bits per heavy atom. The van der Waals surface area contributed by atoms with Crippen LogP contribution in [0.1, 0.15) is 26.5 Å². The van der Waals surface area contributed by atoms with Crippen molar-refractivity contribution in [2.24, 2.45) is 0 Å². The predicted molar refractivity (Wildman–Crippen MR) is 53.8 cm³/mol. The largest absolute Gasteiger partial charge is 0.384 e. The summed E-state index contributed by atoms with van der Waals surface area (Å²) < 4.78 is 0.